The summed E-state index contributed by atoms with van der Waals surface area (Å²) in [5, 5.41) is 8.99. The van der Waals surface area contributed by atoms with Gasteiger partial charge >= 0.3 is 0 Å². The van der Waals surface area contributed by atoms with E-state index in [1.165, 1.54) is 11.1 Å². The van der Waals surface area contributed by atoms with E-state index in [0.29, 0.717) is 11.6 Å². The number of piperazine rings is 1. The fourth-order valence-electron chi connectivity index (χ4n) is 4.37. The summed E-state index contributed by atoms with van der Waals surface area (Å²) in [5.41, 5.74) is 12.1. The third kappa shape index (κ3) is 4.07. The van der Waals surface area contributed by atoms with E-state index >= 15 is 0 Å². The second kappa shape index (κ2) is 8.44. The molecule has 0 spiro atoms. The molecule has 162 valence electrons. The number of hydrogen-bond acceptors (Lipinski definition) is 8. The maximum atomic E-state index is 8.99. The number of nitrogen functional groups attached to an aromatic ring is 1. The largest absolute Gasteiger partial charge is 0.368 e. The topological polar surface area (TPSA) is 98.2 Å². The summed E-state index contributed by atoms with van der Waals surface area (Å²) in [6.07, 6.45) is 2.74. The Kier molecular flexibility index (Phi) is 5.33. The smallest absolute Gasteiger partial charge is 0.222 e. The second-order valence-corrected chi connectivity index (χ2v) is 8.43. The lowest BCUT2D eigenvalue weighted by molar-refractivity contribution is 0.312. The van der Waals surface area contributed by atoms with Crippen LogP contribution < -0.4 is 15.5 Å². The zero-order chi connectivity index (χ0) is 22.1. The zero-order valence-corrected chi connectivity index (χ0v) is 18.2. The van der Waals surface area contributed by atoms with Crippen LogP contribution in [0.3, 0.4) is 0 Å². The molecular weight excluding hydrogens is 400 g/mol. The Morgan fingerprint density at radius 3 is 2.53 bits per heavy atom. The lowest BCUT2D eigenvalue weighted by Gasteiger charge is -2.33. The van der Waals surface area contributed by atoms with Crippen molar-refractivity contribution in [2.75, 3.05) is 55.3 Å². The van der Waals surface area contributed by atoms with Gasteiger partial charge in [-0.25, -0.2) is 9.97 Å². The molecule has 0 radical (unpaired) electrons. The SMILES string of the molecule is CN1CCN(c2cc(-c3ccc4c(c3)CN(c3ccc(C#N)nc3)CC4)nc(N)n2)CC1. The number of likely N-dealkylation sites (N-methyl/N-ethyl adjacent to an activating group) is 1. The van der Waals surface area contributed by atoms with E-state index < -0.39 is 0 Å². The molecule has 8 heteroatoms. The molecule has 8 nitrogen and oxygen atoms in total. The standard InChI is InChI=1S/C24H26N8/c1-30-8-10-31(11-9-30)23-13-22(28-24(26)29-23)18-3-2-17-6-7-32(16-19(17)12-18)21-5-4-20(14-25)27-15-21/h2-5,12-13,15H,6-11,16H2,1H3,(H2,26,28,29). The molecule has 0 aliphatic carbocycles. The summed E-state index contributed by atoms with van der Waals surface area (Å²) in [5.74, 6) is 1.20. The number of anilines is 3. The van der Waals surface area contributed by atoms with Gasteiger partial charge in [-0.15, -0.1) is 0 Å². The van der Waals surface area contributed by atoms with Crippen LogP contribution in [0.25, 0.3) is 11.3 Å². The summed E-state index contributed by atoms with van der Waals surface area (Å²) < 4.78 is 0. The van der Waals surface area contributed by atoms with E-state index in [4.69, 9.17) is 11.0 Å². The molecule has 3 aromatic rings. The van der Waals surface area contributed by atoms with Crippen LogP contribution in [0.1, 0.15) is 16.8 Å². The predicted octanol–water partition coefficient (Wildman–Crippen LogP) is 2.31. The molecule has 2 aliphatic rings. The molecule has 0 unspecified atom stereocenters. The van der Waals surface area contributed by atoms with Gasteiger partial charge < -0.3 is 20.4 Å². The minimum Gasteiger partial charge on any atom is -0.368 e. The molecule has 1 saturated heterocycles. The van der Waals surface area contributed by atoms with Crippen LogP contribution in [-0.4, -0.2) is 59.6 Å². The molecule has 5 rings (SSSR count). The number of hydrogen-bond donors (Lipinski definition) is 1. The highest BCUT2D eigenvalue weighted by atomic mass is 15.3. The number of pyridine rings is 1. The van der Waals surface area contributed by atoms with Crippen molar-refractivity contribution in [3.05, 3.63) is 59.4 Å². The molecule has 1 aromatic carbocycles. The Labute approximate surface area is 187 Å². The van der Waals surface area contributed by atoms with Crippen molar-refractivity contribution in [2.45, 2.75) is 13.0 Å². The molecule has 0 bridgehead atoms. The van der Waals surface area contributed by atoms with Crippen molar-refractivity contribution in [1.82, 2.24) is 19.9 Å². The van der Waals surface area contributed by atoms with E-state index in [1.807, 2.05) is 6.07 Å². The summed E-state index contributed by atoms with van der Waals surface area (Å²) in [6.45, 7) is 5.61. The Bertz CT molecular complexity index is 1160. The Balaban J connectivity index is 1.41. The van der Waals surface area contributed by atoms with E-state index in [2.05, 4.69) is 67.0 Å². The minimum absolute atomic E-state index is 0.305. The fraction of sp³-hybridized carbons (Fsp3) is 0.333. The Morgan fingerprint density at radius 1 is 0.938 bits per heavy atom. The first-order chi connectivity index (χ1) is 15.6. The van der Waals surface area contributed by atoms with Gasteiger partial charge in [-0.2, -0.15) is 10.2 Å². The van der Waals surface area contributed by atoms with Crippen LogP contribution in [0.5, 0.6) is 0 Å². The second-order valence-electron chi connectivity index (χ2n) is 8.43. The van der Waals surface area contributed by atoms with Crippen molar-refractivity contribution >= 4 is 17.5 Å². The third-order valence-corrected chi connectivity index (χ3v) is 6.30. The molecule has 32 heavy (non-hydrogen) atoms. The normalized spacial score (nSPS) is 16.5. The fourth-order valence-corrected chi connectivity index (χ4v) is 4.37. The maximum Gasteiger partial charge on any atom is 0.222 e. The van der Waals surface area contributed by atoms with Gasteiger partial charge in [0.25, 0.3) is 0 Å². The molecule has 4 heterocycles. The van der Waals surface area contributed by atoms with Crippen LogP contribution in [0, 0.1) is 11.3 Å². The molecule has 2 aromatic heterocycles. The van der Waals surface area contributed by atoms with Crippen molar-refractivity contribution in [3.8, 4) is 17.3 Å². The van der Waals surface area contributed by atoms with Gasteiger partial charge in [-0.1, -0.05) is 12.1 Å². The number of rotatable bonds is 3. The van der Waals surface area contributed by atoms with E-state index in [9.17, 15) is 0 Å². The maximum absolute atomic E-state index is 8.99. The van der Waals surface area contributed by atoms with Crippen LogP contribution in [0.2, 0.25) is 0 Å². The van der Waals surface area contributed by atoms with Crippen LogP contribution >= 0.6 is 0 Å². The van der Waals surface area contributed by atoms with E-state index in [0.717, 1.165) is 68.5 Å². The van der Waals surface area contributed by atoms with Crippen LogP contribution in [-0.2, 0) is 13.0 Å². The lowest BCUT2D eigenvalue weighted by Crippen LogP contribution is -2.44. The first-order valence-corrected chi connectivity index (χ1v) is 10.9. The number of nitriles is 1. The van der Waals surface area contributed by atoms with E-state index in [1.54, 1.807) is 12.3 Å². The number of nitrogens with two attached hydrogens (primary N) is 1. The molecule has 0 atom stereocenters. The van der Waals surface area contributed by atoms with Gasteiger partial charge in [0, 0.05) is 50.9 Å². The summed E-state index contributed by atoms with van der Waals surface area (Å²) in [6, 6.07) is 14.4. The zero-order valence-electron chi connectivity index (χ0n) is 18.2. The van der Waals surface area contributed by atoms with Crippen molar-refractivity contribution in [3.63, 3.8) is 0 Å². The number of fused-ring (bicyclic) bond motifs is 1. The Morgan fingerprint density at radius 2 is 1.78 bits per heavy atom. The molecule has 1 fully saturated rings. The van der Waals surface area contributed by atoms with Crippen molar-refractivity contribution in [1.29, 1.82) is 5.26 Å². The van der Waals surface area contributed by atoms with Gasteiger partial charge in [0.2, 0.25) is 5.95 Å². The summed E-state index contributed by atoms with van der Waals surface area (Å²) >= 11 is 0. The van der Waals surface area contributed by atoms with Gasteiger partial charge in [0.15, 0.2) is 0 Å². The van der Waals surface area contributed by atoms with Crippen molar-refractivity contribution in [2.24, 2.45) is 0 Å². The van der Waals surface area contributed by atoms with Gasteiger partial charge in [-0.3, -0.25) is 0 Å². The highest BCUT2D eigenvalue weighted by Gasteiger charge is 2.20. The average Bonchev–Trinajstić information content (AvgIpc) is 2.83. The monoisotopic (exact) mass is 426 g/mol. The van der Waals surface area contributed by atoms with E-state index in [-0.39, 0.29) is 0 Å². The van der Waals surface area contributed by atoms with Crippen LogP contribution in [0.4, 0.5) is 17.5 Å². The van der Waals surface area contributed by atoms with Gasteiger partial charge in [0.1, 0.15) is 17.6 Å². The average molecular weight is 427 g/mol. The van der Waals surface area contributed by atoms with Gasteiger partial charge in [-0.05, 0) is 42.8 Å². The van der Waals surface area contributed by atoms with Crippen molar-refractivity contribution < 1.29 is 0 Å². The summed E-state index contributed by atoms with van der Waals surface area (Å²) in [7, 11) is 2.14. The molecular formula is C24H26N8. The molecule has 2 aliphatic heterocycles. The van der Waals surface area contributed by atoms with Gasteiger partial charge in [0.05, 0.1) is 17.6 Å². The van der Waals surface area contributed by atoms with Crippen LogP contribution in [0.15, 0.2) is 42.6 Å². The molecule has 2 N–H and O–H groups in total. The quantitative estimate of drug-likeness (QED) is 0.681. The first kappa shape index (κ1) is 20.2. The lowest BCUT2D eigenvalue weighted by atomic mass is 9.96. The number of benzene rings is 1. The number of nitrogens with zero attached hydrogens (tertiary/aromatic N) is 7. The molecule has 0 saturated carbocycles. The summed E-state index contributed by atoms with van der Waals surface area (Å²) in [4.78, 5) is 20.1. The predicted molar refractivity (Wildman–Crippen MR) is 125 cm³/mol. The minimum atomic E-state index is 0.305. The first-order valence-electron chi connectivity index (χ1n) is 10.9. The number of aromatic nitrogens is 3. The molecule has 0 amide bonds. The Hall–Kier alpha value is -3.70. The third-order valence-electron chi connectivity index (χ3n) is 6.30. The highest BCUT2D eigenvalue weighted by molar-refractivity contribution is 5.66. The highest BCUT2D eigenvalue weighted by Crippen LogP contribution is 2.29.